The van der Waals surface area contributed by atoms with Crippen molar-refractivity contribution in [3.8, 4) is 0 Å². The van der Waals surface area contributed by atoms with E-state index in [-0.39, 0.29) is 18.3 Å². The van der Waals surface area contributed by atoms with Gasteiger partial charge in [0.05, 0.1) is 18.3 Å². The number of carboxylic acids is 1. The van der Waals surface area contributed by atoms with Gasteiger partial charge >= 0.3 is 5.97 Å². The molecule has 0 aromatic carbocycles. The summed E-state index contributed by atoms with van der Waals surface area (Å²) in [6.07, 6.45) is 15.0. The van der Waals surface area contributed by atoms with E-state index in [4.69, 9.17) is 5.11 Å². The lowest BCUT2D eigenvalue weighted by molar-refractivity contribution is -0.137. The van der Waals surface area contributed by atoms with Crippen molar-refractivity contribution >= 4 is 5.97 Å². The molecule has 5 nitrogen and oxygen atoms in total. The fourth-order valence-electron chi connectivity index (χ4n) is 3.76. The first-order valence-corrected chi connectivity index (χ1v) is 10.5. The smallest absolute Gasteiger partial charge is 0.303 e. The maximum absolute atomic E-state index is 10.5. The molecule has 0 aliphatic heterocycles. The number of rotatable bonds is 14. The number of aliphatic hydroxyl groups is 3. The zero-order valence-electron chi connectivity index (χ0n) is 16.7. The highest BCUT2D eigenvalue weighted by molar-refractivity contribution is 5.66. The Labute approximate surface area is 163 Å². The van der Waals surface area contributed by atoms with Crippen LogP contribution in [0.25, 0.3) is 0 Å². The average molecular weight is 383 g/mol. The summed E-state index contributed by atoms with van der Waals surface area (Å²) >= 11 is 0. The molecule has 1 aliphatic rings. The largest absolute Gasteiger partial charge is 0.481 e. The maximum atomic E-state index is 10.5. The Hall–Kier alpha value is -1.17. The van der Waals surface area contributed by atoms with Gasteiger partial charge in [0.2, 0.25) is 0 Å². The van der Waals surface area contributed by atoms with Crippen LogP contribution in [-0.4, -0.2) is 44.7 Å². The molecule has 5 atom stereocenters. The number of allylic oxidation sites excluding steroid dienone is 2. The van der Waals surface area contributed by atoms with Gasteiger partial charge in [-0.3, -0.25) is 4.79 Å². The Balaban J connectivity index is 2.41. The summed E-state index contributed by atoms with van der Waals surface area (Å²) in [6, 6.07) is 0. The van der Waals surface area contributed by atoms with Crippen molar-refractivity contribution in [2.24, 2.45) is 11.8 Å². The van der Waals surface area contributed by atoms with Crippen molar-refractivity contribution in [3.63, 3.8) is 0 Å². The number of carboxylic acid groups (broad SMARTS) is 1. The second-order valence-corrected chi connectivity index (χ2v) is 7.76. The lowest BCUT2D eigenvalue weighted by Crippen LogP contribution is -2.20. The van der Waals surface area contributed by atoms with Crippen molar-refractivity contribution in [3.05, 3.63) is 24.3 Å². The van der Waals surface area contributed by atoms with Crippen LogP contribution in [0, 0.1) is 11.8 Å². The van der Waals surface area contributed by atoms with E-state index in [1.54, 1.807) is 6.08 Å². The van der Waals surface area contributed by atoms with Gasteiger partial charge in [0, 0.05) is 18.8 Å². The predicted molar refractivity (Wildman–Crippen MR) is 107 cm³/mol. The molecule has 0 amide bonds. The van der Waals surface area contributed by atoms with Gasteiger partial charge < -0.3 is 20.4 Å². The van der Waals surface area contributed by atoms with Crippen LogP contribution in [0.3, 0.4) is 0 Å². The van der Waals surface area contributed by atoms with Crippen LogP contribution in [0.2, 0.25) is 0 Å². The van der Waals surface area contributed by atoms with Gasteiger partial charge in [-0.2, -0.15) is 0 Å². The lowest BCUT2D eigenvalue weighted by Gasteiger charge is -2.19. The number of aliphatic carboxylic acids is 1. The molecule has 5 heteroatoms. The summed E-state index contributed by atoms with van der Waals surface area (Å²) in [4.78, 5) is 10.5. The van der Waals surface area contributed by atoms with Crippen LogP contribution < -0.4 is 0 Å². The number of hydrogen-bond donors (Lipinski definition) is 4. The third-order valence-corrected chi connectivity index (χ3v) is 5.41. The molecule has 0 unspecified atom stereocenters. The summed E-state index contributed by atoms with van der Waals surface area (Å²) in [5.41, 5.74) is 0. The monoisotopic (exact) mass is 382 g/mol. The molecule has 0 heterocycles. The molecule has 1 rings (SSSR count). The van der Waals surface area contributed by atoms with Gasteiger partial charge in [-0.05, 0) is 31.6 Å². The quantitative estimate of drug-likeness (QED) is 0.270. The minimum Gasteiger partial charge on any atom is -0.481 e. The van der Waals surface area contributed by atoms with Crippen molar-refractivity contribution in [1.82, 2.24) is 0 Å². The first kappa shape index (κ1) is 23.9. The molecular weight excluding hydrogens is 344 g/mol. The molecule has 0 aromatic heterocycles. The molecule has 0 saturated heterocycles. The molecule has 156 valence electrons. The van der Waals surface area contributed by atoms with E-state index in [0.717, 1.165) is 19.3 Å². The Bertz CT molecular complexity index is 460. The lowest BCUT2D eigenvalue weighted by atomic mass is 9.89. The summed E-state index contributed by atoms with van der Waals surface area (Å²) in [5.74, 6) is -1.01. The minimum absolute atomic E-state index is 0.0660. The number of hydrogen-bond acceptors (Lipinski definition) is 4. The van der Waals surface area contributed by atoms with Crippen molar-refractivity contribution < 1.29 is 25.2 Å². The average Bonchev–Trinajstić information content (AvgIpc) is 2.88. The van der Waals surface area contributed by atoms with Crippen LogP contribution in [-0.2, 0) is 4.79 Å². The third kappa shape index (κ3) is 10.1. The molecule has 4 N–H and O–H groups in total. The molecular formula is C22H38O5. The molecule has 1 fully saturated rings. The molecule has 0 aromatic rings. The van der Waals surface area contributed by atoms with E-state index in [9.17, 15) is 20.1 Å². The molecule has 27 heavy (non-hydrogen) atoms. The Kier molecular flexibility index (Phi) is 12.3. The highest BCUT2D eigenvalue weighted by atomic mass is 16.4. The standard InChI is InChI=1S/C22H38O5/c1-2-3-4-5-8-11-17(23)14-15-19-18(20(24)16-21(19)25)12-9-6-7-10-13-22(26)27/h6,9,14-15,17-21,23-25H,2-5,7-8,10-13,16H2,1H3,(H,26,27)/b9-6+,15-14+/t17-,18+,19+,20-,21+/m0/s1. The van der Waals surface area contributed by atoms with E-state index in [0.29, 0.717) is 25.7 Å². The van der Waals surface area contributed by atoms with Crippen LogP contribution in [0.5, 0.6) is 0 Å². The number of unbranched alkanes of at least 4 members (excludes halogenated alkanes) is 5. The van der Waals surface area contributed by atoms with Crippen molar-refractivity contribution in [1.29, 1.82) is 0 Å². The van der Waals surface area contributed by atoms with Gasteiger partial charge in [-0.15, -0.1) is 0 Å². The van der Waals surface area contributed by atoms with Gasteiger partial charge in [-0.25, -0.2) is 0 Å². The zero-order valence-corrected chi connectivity index (χ0v) is 16.7. The normalized spacial score (nSPS) is 27.0. The maximum Gasteiger partial charge on any atom is 0.303 e. The first-order chi connectivity index (χ1) is 13.0. The molecule has 1 saturated carbocycles. The second kappa shape index (κ2) is 13.9. The predicted octanol–water partition coefficient (Wildman–Crippen LogP) is 3.82. The molecule has 0 bridgehead atoms. The summed E-state index contributed by atoms with van der Waals surface area (Å²) in [6.45, 7) is 2.18. The third-order valence-electron chi connectivity index (χ3n) is 5.41. The van der Waals surface area contributed by atoms with E-state index in [2.05, 4.69) is 6.92 Å². The molecule has 0 spiro atoms. The highest BCUT2D eigenvalue weighted by Crippen LogP contribution is 2.36. The second-order valence-electron chi connectivity index (χ2n) is 7.76. The Morgan fingerprint density at radius 2 is 1.81 bits per heavy atom. The van der Waals surface area contributed by atoms with Crippen LogP contribution in [0.1, 0.15) is 77.6 Å². The van der Waals surface area contributed by atoms with E-state index < -0.39 is 24.3 Å². The van der Waals surface area contributed by atoms with Gasteiger partial charge in [-0.1, -0.05) is 63.3 Å². The Morgan fingerprint density at radius 3 is 2.52 bits per heavy atom. The summed E-state index contributed by atoms with van der Waals surface area (Å²) in [5, 5.41) is 39.2. The summed E-state index contributed by atoms with van der Waals surface area (Å²) < 4.78 is 0. The SMILES string of the molecule is CCCCCCC[C@H](O)/C=C/[C@@H]1[C@@H](C/C=C/CCCC(=O)O)[C@@H](O)C[C@H]1O. The van der Waals surface area contributed by atoms with Gasteiger partial charge in [0.15, 0.2) is 0 Å². The van der Waals surface area contributed by atoms with E-state index >= 15 is 0 Å². The molecule has 1 aliphatic carbocycles. The van der Waals surface area contributed by atoms with Crippen LogP contribution >= 0.6 is 0 Å². The van der Waals surface area contributed by atoms with E-state index in [1.807, 2.05) is 18.2 Å². The van der Waals surface area contributed by atoms with E-state index in [1.165, 1.54) is 19.3 Å². The van der Waals surface area contributed by atoms with Crippen molar-refractivity contribution in [2.75, 3.05) is 0 Å². The summed E-state index contributed by atoms with van der Waals surface area (Å²) in [7, 11) is 0. The first-order valence-electron chi connectivity index (χ1n) is 10.5. The minimum atomic E-state index is -0.785. The Morgan fingerprint density at radius 1 is 1.07 bits per heavy atom. The molecule has 0 radical (unpaired) electrons. The van der Waals surface area contributed by atoms with Crippen LogP contribution in [0.15, 0.2) is 24.3 Å². The van der Waals surface area contributed by atoms with Gasteiger partial charge in [0.25, 0.3) is 0 Å². The van der Waals surface area contributed by atoms with Crippen LogP contribution in [0.4, 0.5) is 0 Å². The topological polar surface area (TPSA) is 98.0 Å². The van der Waals surface area contributed by atoms with Crippen molar-refractivity contribution in [2.45, 2.75) is 95.9 Å². The van der Waals surface area contributed by atoms with Gasteiger partial charge in [0.1, 0.15) is 0 Å². The highest BCUT2D eigenvalue weighted by Gasteiger charge is 2.39. The zero-order chi connectivity index (χ0) is 20.1. The number of aliphatic hydroxyl groups excluding tert-OH is 3. The fraction of sp³-hybridized carbons (Fsp3) is 0.773. The fourth-order valence-corrected chi connectivity index (χ4v) is 3.76. The number of carbonyl (C=O) groups is 1.